The molecule has 0 aliphatic heterocycles. The van der Waals surface area contributed by atoms with Gasteiger partial charge in [-0.15, -0.1) is 11.8 Å². The predicted molar refractivity (Wildman–Crippen MR) is 63.7 cm³/mol. The highest BCUT2D eigenvalue weighted by Crippen LogP contribution is 2.25. The second kappa shape index (κ2) is 5.03. The lowest BCUT2D eigenvalue weighted by atomic mass is 10.1. The van der Waals surface area contributed by atoms with Crippen molar-refractivity contribution in [2.45, 2.75) is 18.7 Å². The molecule has 0 amide bonds. The summed E-state index contributed by atoms with van der Waals surface area (Å²) in [5, 5.41) is 8.85. The maximum atomic E-state index is 10.8. The van der Waals surface area contributed by atoms with Crippen molar-refractivity contribution in [3.05, 3.63) is 41.5 Å². The van der Waals surface area contributed by atoms with Gasteiger partial charge in [0.2, 0.25) is 0 Å². The minimum absolute atomic E-state index is 0.338. The molecule has 2 nitrogen and oxygen atoms in total. The lowest BCUT2D eigenvalue weighted by molar-refractivity contribution is 0.0696. The lowest BCUT2D eigenvalue weighted by Crippen LogP contribution is -1.97. The topological polar surface area (TPSA) is 37.3 Å². The van der Waals surface area contributed by atoms with E-state index in [9.17, 15) is 4.79 Å². The lowest BCUT2D eigenvalue weighted by Gasteiger charge is -2.06. The molecule has 0 saturated heterocycles. The molecule has 0 radical (unpaired) electrons. The summed E-state index contributed by atoms with van der Waals surface area (Å²) in [5.74, 6) is -0.0589. The fourth-order valence-electron chi connectivity index (χ4n) is 1.09. The highest BCUT2D eigenvalue weighted by molar-refractivity contribution is 7.99. The van der Waals surface area contributed by atoms with Crippen LogP contribution >= 0.6 is 11.8 Å². The van der Waals surface area contributed by atoms with Crippen molar-refractivity contribution in [2.24, 2.45) is 0 Å². The average Bonchev–Trinajstić information content (AvgIpc) is 2.16. The van der Waals surface area contributed by atoms with Gasteiger partial charge < -0.3 is 5.11 Å². The zero-order valence-electron chi connectivity index (χ0n) is 8.91. The van der Waals surface area contributed by atoms with Gasteiger partial charge in [-0.25, -0.2) is 4.79 Å². The first kappa shape index (κ1) is 11.9. The van der Waals surface area contributed by atoms with Crippen molar-refractivity contribution in [3.8, 4) is 0 Å². The van der Waals surface area contributed by atoms with Crippen molar-refractivity contribution in [1.82, 2.24) is 0 Å². The van der Waals surface area contributed by atoms with E-state index in [-0.39, 0.29) is 0 Å². The van der Waals surface area contributed by atoms with E-state index in [1.165, 1.54) is 0 Å². The van der Waals surface area contributed by atoms with Gasteiger partial charge in [-0.3, -0.25) is 0 Å². The third-order valence-corrected chi connectivity index (χ3v) is 3.30. The smallest absolute Gasteiger partial charge is 0.335 e. The van der Waals surface area contributed by atoms with Crippen LogP contribution in [0.15, 0.2) is 35.2 Å². The Bertz CT molecular complexity index is 397. The second-order valence-electron chi connectivity index (χ2n) is 3.53. The van der Waals surface area contributed by atoms with Crippen LogP contribution in [0, 0.1) is 6.92 Å². The van der Waals surface area contributed by atoms with E-state index in [1.54, 1.807) is 23.9 Å². The molecule has 1 N–H and O–H groups in total. The van der Waals surface area contributed by atoms with Crippen LogP contribution in [-0.2, 0) is 0 Å². The Morgan fingerprint density at radius 3 is 2.73 bits per heavy atom. The molecule has 0 aliphatic rings. The van der Waals surface area contributed by atoms with Crippen LogP contribution in [-0.4, -0.2) is 16.8 Å². The molecule has 0 saturated carbocycles. The monoisotopic (exact) mass is 222 g/mol. The number of carbonyl (C=O) groups is 1. The maximum Gasteiger partial charge on any atom is 0.335 e. The summed E-state index contributed by atoms with van der Waals surface area (Å²) in [5.41, 5.74) is 2.52. The third kappa shape index (κ3) is 3.44. The van der Waals surface area contributed by atoms with Crippen LogP contribution in [0.1, 0.15) is 22.8 Å². The van der Waals surface area contributed by atoms with Crippen molar-refractivity contribution in [1.29, 1.82) is 0 Å². The predicted octanol–water partition coefficient (Wildman–Crippen LogP) is 3.36. The Labute approximate surface area is 94.0 Å². The zero-order valence-corrected chi connectivity index (χ0v) is 9.73. The van der Waals surface area contributed by atoms with Crippen molar-refractivity contribution < 1.29 is 9.90 Å². The van der Waals surface area contributed by atoms with E-state index in [0.29, 0.717) is 5.56 Å². The zero-order chi connectivity index (χ0) is 11.4. The first-order valence-electron chi connectivity index (χ1n) is 4.62. The van der Waals surface area contributed by atoms with E-state index in [2.05, 4.69) is 6.58 Å². The van der Waals surface area contributed by atoms with Gasteiger partial charge in [0.15, 0.2) is 0 Å². The molecule has 1 aromatic rings. The number of hydrogen-bond donors (Lipinski definition) is 1. The van der Waals surface area contributed by atoms with Gasteiger partial charge in [-0.2, -0.15) is 0 Å². The Morgan fingerprint density at radius 2 is 2.20 bits per heavy atom. The molecule has 0 aromatic heterocycles. The highest BCUT2D eigenvalue weighted by Gasteiger charge is 2.06. The summed E-state index contributed by atoms with van der Waals surface area (Å²) in [6, 6.07) is 5.18. The summed E-state index contributed by atoms with van der Waals surface area (Å²) in [7, 11) is 0. The maximum absolute atomic E-state index is 10.8. The second-order valence-corrected chi connectivity index (χ2v) is 4.55. The van der Waals surface area contributed by atoms with E-state index in [0.717, 1.165) is 21.8 Å². The molecule has 0 heterocycles. The standard InChI is InChI=1S/C12H14O2S/c1-8(2)7-15-11-6-10(12(13)14)5-4-9(11)3/h4-6H,1,7H2,2-3H3,(H,13,14). The Kier molecular flexibility index (Phi) is 3.97. The summed E-state index contributed by atoms with van der Waals surface area (Å²) < 4.78 is 0. The molecule has 80 valence electrons. The SMILES string of the molecule is C=C(C)CSc1cc(C(=O)O)ccc1C. The van der Waals surface area contributed by atoms with E-state index in [1.807, 2.05) is 19.9 Å². The van der Waals surface area contributed by atoms with Crippen LogP contribution in [0.4, 0.5) is 0 Å². The number of benzene rings is 1. The molecule has 1 aromatic carbocycles. The quantitative estimate of drug-likeness (QED) is 0.627. The van der Waals surface area contributed by atoms with Gasteiger partial charge in [0.05, 0.1) is 5.56 Å². The van der Waals surface area contributed by atoms with Crippen LogP contribution in [0.3, 0.4) is 0 Å². The van der Waals surface area contributed by atoms with Crippen LogP contribution in [0.25, 0.3) is 0 Å². The van der Waals surface area contributed by atoms with E-state index in [4.69, 9.17) is 5.11 Å². The number of thioether (sulfide) groups is 1. The van der Waals surface area contributed by atoms with Crippen molar-refractivity contribution >= 4 is 17.7 Å². The summed E-state index contributed by atoms with van der Waals surface area (Å²) in [6.45, 7) is 7.76. The van der Waals surface area contributed by atoms with Crippen LogP contribution in [0.5, 0.6) is 0 Å². The Balaban J connectivity index is 2.90. The largest absolute Gasteiger partial charge is 0.478 e. The molecule has 0 aliphatic carbocycles. The number of hydrogen-bond acceptors (Lipinski definition) is 2. The average molecular weight is 222 g/mol. The van der Waals surface area contributed by atoms with Crippen LogP contribution < -0.4 is 0 Å². The molecule has 3 heteroatoms. The van der Waals surface area contributed by atoms with Crippen LogP contribution in [0.2, 0.25) is 0 Å². The fourth-order valence-corrected chi connectivity index (χ4v) is 2.00. The van der Waals surface area contributed by atoms with Gasteiger partial charge in [0.25, 0.3) is 0 Å². The van der Waals surface area contributed by atoms with E-state index >= 15 is 0 Å². The normalized spacial score (nSPS) is 10.0. The third-order valence-electron chi connectivity index (χ3n) is 1.91. The molecule has 0 fully saturated rings. The molecule has 15 heavy (non-hydrogen) atoms. The number of carboxylic acids is 1. The molecule has 0 unspecified atom stereocenters. The molecule has 0 atom stereocenters. The summed E-state index contributed by atoms with van der Waals surface area (Å²) >= 11 is 1.62. The molecule has 0 bridgehead atoms. The minimum Gasteiger partial charge on any atom is -0.478 e. The van der Waals surface area contributed by atoms with Gasteiger partial charge in [-0.1, -0.05) is 18.2 Å². The van der Waals surface area contributed by atoms with Gasteiger partial charge >= 0.3 is 5.97 Å². The summed E-state index contributed by atoms with van der Waals surface area (Å²) in [4.78, 5) is 11.8. The number of aromatic carboxylic acids is 1. The molecule has 1 rings (SSSR count). The van der Waals surface area contributed by atoms with Crippen molar-refractivity contribution in [3.63, 3.8) is 0 Å². The van der Waals surface area contributed by atoms with Gasteiger partial charge in [0, 0.05) is 10.6 Å². The minimum atomic E-state index is -0.882. The number of carboxylic acid groups (broad SMARTS) is 1. The fraction of sp³-hybridized carbons (Fsp3) is 0.250. The number of rotatable bonds is 4. The first-order chi connectivity index (χ1) is 7.00. The Hall–Kier alpha value is -1.22. The highest BCUT2D eigenvalue weighted by atomic mass is 32.2. The number of aryl methyl sites for hydroxylation is 1. The Morgan fingerprint density at radius 1 is 1.53 bits per heavy atom. The van der Waals surface area contributed by atoms with Gasteiger partial charge in [-0.05, 0) is 31.5 Å². The summed E-state index contributed by atoms with van der Waals surface area (Å²) in [6.07, 6.45) is 0. The van der Waals surface area contributed by atoms with E-state index < -0.39 is 5.97 Å². The molecular formula is C12H14O2S. The van der Waals surface area contributed by atoms with Crippen molar-refractivity contribution in [2.75, 3.05) is 5.75 Å². The molecular weight excluding hydrogens is 208 g/mol. The molecule has 0 spiro atoms. The first-order valence-corrected chi connectivity index (χ1v) is 5.60. The van der Waals surface area contributed by atoms with Gasteiger partial charge in [0.1, 0.15) is 0 Å².